The van der Waals surface area contributed by atoms with Gasteiger partial charge in [-0.2, -0.15) is 0 Å². The lowest BCUT2D eigenvalue weighted by Crippen LogP contribution is -2.49. The van der Waals surface area contributed by atoms with E-state index in [0.717, 1.165) is 17.7 Å². The summed E-state index contributed by atoms with van der Waals surface area (Å²) < 4.78 is 38.5. The molecule has 1 saturated heterocycles. The summed E-state index contributed by atoms with van der Waals surface area (Å²) in [6.45, 7) is 2.12. The van der Waals surface area contributed by atoms with Gasteiger partial charge in [-0.05, 0) is 56.0 Å². The fourth-order valence-electron chi connectivity index (χ4n) is 3.66. The first kappa shape index (κ1) is 22.9. The highest BCUT2D eigenvalue weighted by atomic mass is 32.2. The van der Waals surface area contributed by atoms with Gasteiger partial charge in [-0.3, -0.25) is 9.59 Å². The van der Waals surface area contributed by atoms with E-state index in [1.807, 2.05) is 30.3 Å². The van der Waals surface area contributed by atoms with Gasteiger partial charge < -0.3 is 10.2 Å². The highest BCUT2D eigenvalue weighted by Crippen LogP contribution is 2.20. The van der Waals surface area contributed by atoms with E-state index in [-0.39, 0.29) is 16.8 Å². The topological polar surface area (TPSA) is 83.6 Å². The van der Waals surface area contributed by atoms with Crippen LogP contribution in [-0.4, -0.2) is 49.5 Å². The van der Waals surface area contributed by atoms with Crippen LogP contribution in [0.15, 0.2) is 59.5 Å². The molecule has 1 fully saturated rings. The molecule has 6 nitrogen and oxygen atoms in total. The molecule has 0 radical (unpaired) electrons. The maximum Gasteiger partial charge on any atom is 0.241 e. The number of halogens is 1. The second-order valence-corrected chi connectivity index (χ2v) is 10.1. The molecule has 2 aromatic carbocycles. The van der Waals surface area contributed by atoms with E-state index in [1.54, 1.807) is 0 Å². The van der Waals surface area contributed by atoms with E-state index in [2.05, 4.69) is 5.32 Å². The summed E-state index contributed by atoms with van der Waals surface area (Å²) in [5.41, 5.74) is 1.11. The van der Waals surface area contributed by atoms with E-state index in [1.165, 1.54) is 24.0 Å². The average Bonchev–Trinajstić information content (AvgIpc) is 2.78. The normalized spacial score (nSPS) is 16.0. The van der Waals surface area contributed by atoms with Gasteiger partial charge in [-0.15, -0.1) is 0 Å². The van der Waals surface area contributed by atoms with E-state index in [4.69, 9.17) is 0 Å². The van der Waals surface area contributed by atoms with Crippen molar-refractivity contribution in [3.8, 4) is 0 Å². The second kappa shape index (κ2) is 10.0. The number of aryl methyl sites for hydroxylation is 1. The molecule has 2 amide bonds. The van der Waals surface area contributed by atoms with Gasteiger partial charge in [-0.25, -0.2) is 12.8 Å². The molecule has 2 aromatic rings. The first-order valence-corrected chi connectivity index (χ1v) is 11.9. The van der Waals surface area contributed by atoms with Crippen LogP contribution in [0.1, 0.15) is 31.7 Å². The molecule has 0 spiro atoms. The van der Waals surface area contributed by atoms with Crippen LogP contribution in [0.4, 0.5) is 4.39 Å². The van der Waals surface area contributed by atoms with Crippen LogP contribution in [0, 0.1) is 5.82 Å². The van der Waals surface area contributed by atoms with Crippen molar-refractivity contribution < 1.29 is 22.4 Å². The summed E-state index contributed by atoms with van der Waals surface area (Å²) in [5, 5.41) is 1.75. The summed E-state index contributed by atoms with van der Waals surface area (Å²) in [7, 11) is -3.90. The lowest BCUT2D eigenvalue weighted by atomic mass is 10.0. The monoisotopic (exact) mass is 446 g/mol. The van der Waals surface area contributed by atoms with Crippen molar-refractivity contribution in [2.24, 2.45) is 0 Å². The number of carbonyl (C=O) groups excluding carboxylic acids is 2. The Morgan fingerprint density at radius 3 is 2.29 bits per heavy atom. The van der Waals surface area contributed by atoms with Crippen molar-refractivity contribution in [1.29, 1.82) is 0 Å². The zero-order valence-corrected chi connectivity index (χ0v) is 18.3. The minimum Gasteiger partial charge on any atom is -0.353 e. The largest absolute Gasteiger partial charge is 0.353 e. The maximum absolute atomic E-state index is 13.1. The molecule has 1 heterocycles. The van der Waals surface area contributed by atoms with Crippen molar-refractivity contribution >= 4 is 21.7 Å². The highest BCUT2D eigenvalue weighted by molar-refractivity contribution is 7.92. The predicted octanol–water partition coefficient (Wildman–Crippen LogP) is 2.73. The van der Waals surface area contributed by atoms with E-state index >= 15 is 0 Å². The molecule has 0 aromatic heterocycles. The number of likely N-dealkylation sites (tertiary alicyclic amines) is 1. The van der Waals surface area contributed by atoms with Gasteiger partial charge in [0.2, 0.25) is 11.8 Å². The third-order valence-corrected chi connectivity index (χ3v) is 7.67. The van der Waals surface area contributed by atoms with Gasteiger partial charge in [0.15, 0.2) is 9.84 Å². The smallest absolute Gasteiger partial charge is 0.241 e. The molecule has 1 N–H and O–H groups in total. The van der Waals surface area contributed by atoms with Crippen LogP contribution < -0.4 is 5.32 Å². The summed E-state index contributed by atoms with van der Waals surface area (Å²) >= 11 is 0. The van der Waals surface area contributed by atoms with Crippen LogP contribution in [0.25, 0.3) is 0 Å². The summed E-state index contributed by atoms with van der Waals surface area (Å²) in [6.07, 6.45) is 2.22. The third kappa shape index (κ3) is 5.91. The van der Waals surface area contributed by atoms with Crippen molar-refractivity contribution in [2.45, 2.75) is 48.8 Å². The predicted molar refractivity (Wildman–Crippen MR) is 116 cm³/mol. The van der Waals surface area contributed by atoms with Gasteiger partial charge in [0, 0.05) is 25.6 Å². The third-order valence-electron chi connectivity index (χ3n) is 5.61. The Morgan fingerprint density at radius 1 is 1.06 bits per heavy atom. The number of amides is 2. The van der Waals surface area contributed by atoms with Crippen molar-refractivity contribution in [1.82, 2.24) is 10.2 Å². The molecule has 1 aliphatic heterocycles. The minimum absolute atomic E-state index is 0.0270. The Kier molecular flexibility index (Phi) is 7.43. The van der Waals surface area contributed by atoms with Crippen LogP contribution >= 0.6 is 0 Å². The number of benzene rings is 2. The minimum atomic E-state index is -3.90. The molecule has 3 rings (SSSR count). The molecule has 1 aliphatic rings. The molecule has 31 heavy (non-hydrogen) atoms. The first-order valence-electron chi connectivity index (χ1n) is 10.4. The molecule has 0 unspecified atom stereocenters. The zero-order chi connectivity index (χ0) is 22.4. The Morgan fingerprint density at radius 2 is 1.68 bits per heavy atom. The Labute approximate surface area is 182 Å². The Hall–Kier alpha value is -2.74. The van der Waals surface area contributed by atoms with Crippen molar-refractivity contribution in [3.05, 3.63) is 66.0 Å². The van der Waals surface area contributed by atoms with Crippen LogP contribution in [0.5, 0.6) is 0 Å². The van der Waals surface area contributed by atoms with Gasteiger partial charge in [0.05, 0.1) is 4.90 Å². The zero-order valence-electron chi connectivity index (χ0n) is 17.5. The van der Waals surface area contributed by atoms with Crippen LogP contribution in [0.3, 0.4) is 0 Å². The van der Waals surface area contributed by atoms with E-state index in [9.17, 15) is 22.4 Å². The standard InChI is InChI=1S/C23H27FN2O4S/c1-17(31(29,30)21-10-8-19(24)9-11-21)23(28)26-15-13-20(14-16-26)25-22(27)12-7-18-5-3-2-4-6-18/h2-6,8-11,17,20H,7,12-16H2,1H3,(H,25,27)/t17-/m1/s1. The average molecular weight is 447 g/mol. The molecule has 1 atom stereocenters. The number of nitrogens with one attached hydrogen (secondary N) is 1. The first-order chi connectivity index (χ1) is 14.8. The molecule has 0 saturated carbocycles. The Balaban J connectivity index is 1.48. The fraction of sp³-hybridized carbons (Fsp3) is 0.391. The number of hydrogen-bond acceptors (Lipinski definition) is 4. The molecule has 166 valence electrons. The van der Waals surface area contributed by atoms with E-state index < -0.39 is 26.8 Å². The lowest BCUT2D eigenvalue weighted by molar-refractivity contribution is -0.131. The summed E-state index contributed by atoms with van der Waals surface area (Å²) in [6, 6.07) is 14.2. The van der Waals surface area contributed by atoms with Crippen molar-refractivity contribution in [3.63, 3.8) is 0 Å². The van der Waals surface area contributed by atoms with Gasteiger partial charge in [-0.1, -0.05) is 30.3 Å². The summed E-state index contributed by atoms with van der Waals surface area (Å²) in [4.78, 5) is 26.4. The molecular formula is C23H27FN2O4S. The molecule has 8 heteroatoms. The van der Waals surface area contributed by atoms with Crippen LogP contribution in [0.2, 0.25) is 0 Å². The summed E-state index contributed by atoms with van der Waals surface area (Å²) in [5.74, 6) is -1.04. The number of carbonyl (C=O) groups is 2. The Bertz CT molecular complexity index is 1000. The maximum atomic E-state index is 13.1. The van der Waals surface area contributed by atoms with Gasteiger partial charge in [0.25, 0.3) is 0 Å². The van der Waals surface area contributed by atoms with Gasteiger partial charge in [0.1, 0.15) is 11.1 Å². The number of hydrogen-bond donors (Lipinski definition) is 1. The van der Waals surface area contributed by atoms with E-state index in [0.29, 0.717) is 38.8 Å². The lowest BCUT2D eigenvalue weighted by Gasteiger charge is -2.33. The molecule has 0 aliphatic carbocycles. The number of rotatable bonds is 7. The quantitative estimate of drug-likeness (QED) is 0.663. The highest BCUT2D eigenvalue weighted by Gasteiger charge is 2.34. The number of sulfone groups is 1. The second-order valence-electron chi connectivity index (χ2n) is 7.79. The molecule has 0 bridgehead atoms. The van der Waals surface area contributed by atoms with Crippen molar-refractivity contribution in [2.75, 3.05) is 13.1 Å². The van der Waals surface area contributed by atoms with Crippen LogP contribution in [-0.2, 0) is 25.8 Å². The fourth-order valence-corrected chi connectivity index (χ4v) is 5.00. The SMILES string of the molecule is C[C@H](C(=O)N1CCC(NC(=O)CCc2ccccc2)CC1)S(=O)(=O)c1ccc(F)cc1. The number of piperidine rings is 1. The molecular weight excluding hydrogens is 419 g/mol. The number of nitrogens with zero attached hydrogens (tertiary/aromatic N) is 1. The van der Waals surface area contributed by atoms with Gasteiger partial charge >= 0.3 is 0 Å².